The van der Waals surface area contributed by atoms with Crippen LogP contribution in [0.2, 0.25) is 0 Å². The molecule has 0 radical (unpaired) electrons. The number of ether oxygens (including phenoxy) is 1. The van der Waals surface area contributed by atoms with Gasteiger partial charge in [-0.05, 0) is 45.0 Å². The van der Waals surface area contributed by atoms with Crippen molar-refractivity contribution < 1.29 is 23.6 Å². The lowest BCUT2D eigenvalue weighted by Gasteiger charge is -2.13. The van der Waals surface area contributed by atoms with E-state index in [-0.39, 0.29) is 23.6 Å². The van der Waals surface area contributed by atoms with Crippen molar-refractivity contribution in [1.29, 1.82) is 0 Å². The summed E-state index contributed by atoms with van der Waals surface area (Å²) < 4.78 is 19.0. The normalized spacial score (nSPS) is 11.7. The molecular weight excluding hydrogens is 347 g/mol. The highest BCUT2D eigenvalue weighted by atomic mass is 19.1. The SMILES string of the molecule is Cc1nn(CC(=O)O[C@H](C)C(=O)Nc2ccc(F)cc2)c(C)c1[N+](=O)[O-]. The molecule has 0 aliphatic carbocycles. The lowest BCUT2D eigenvalue weighted by atomic mass is 10.3. The van der Waals surface area contributed by atoms with Gasteiger partial charge in [0.1, 0.15) is 23.7 Å². The number of nitro groups is 1. The van der Waals surface area contributed by atoms with Gasteiger partial charge in [0, 0.05) is 5.69 Å². The maximum absolute atomic E-state index is 12.8. The summed E-state index contributed by atoms with van der Waals surface area (Å²) >= 11 is 0. The number of rotatable bonds is 6. The molecule has 0 aliphatic rings. The molecule has 2 rings (SSSR count). The van der Waals surface area contributed by atoms with Crippen LogP contribution in [0.3, 0.4) is 0 Å². The largest absolute Gasteiger partial charge is 0.451 e. The van der Waals surface area contributed by atoms with E-state index < -0.39 is 28.7 Å². The van der Waals surface area contributed by atoms with Gasteiger partial charge >= 0.3 is 11.7 Å². The number of aryl methyl sites for hydroxylation is 1. The second kappa shape index (κ2) is 7.72. The van der Waals surface area contributed by atoms with Crippen LogP contribution in [0.25, 0.3) is 0 Å². The average Bonchev–Trinajstić information content (AvgIpc) is 2.83. The van der Waals surface area contributed by atoms with Crippen LogP contribution < -0.4 is 5.32 Å². The highest BCUT2D eigenvalue weighted by Crippen LogP contribution is 2.21. The van der Waals surface area contributed by atoms with E-state index in [1.165, 1.54) is 45.0 Å². The van der Waals surface area contributed by atoms with Crippen LogP contribution in [-0.2, 0) is 20.9 Å². The third kappa shape index (κ3) is 4.41. The molecule has 9 nitrogen and oxygen atoms in total. The first-order valence-corrected chi connectivity index (χ1v) is 7.63. The van der Waals surface area contributed by atoms with Crippen LogP contribution in [0.15, 0.2) is 24.3 Å². The first-order valence-electron chi connectivity index (χ1n) is 7.63. The number of carbonyl (C=O) groups excluding carboxylic acids is 2. The Bertz CT molecular complexity index is 847. The second-order valence-electron chi connectivity index (χ2n) is 5.56. The molecule has 1 aromatic heterocycles. The van der Waals surface area contributed by atoms with Gasteiger partial charge in [-0.1, -0.05) is 0 Å². The summed E-state index contributed by atoms with van der Waals surface area (Å²) in [6.45, 7) is 3.94. The highest BCUT2D eigenvalue weighted by molar-refractivity contribution is 5.95. The van der Waals surface area contributed by atoms with Gasteiger partial charge in [-0.2, -0.15) is 5.10 Å². The van der Waals surface area contributed by atoms with Crippen molar-refractivity contribution in [2.75, 3.05) is 5.32 Å². The molecule has 1 N–H and O–H groups in total. The molecule has 0 aliphatic heterocycles. The van der Waals surface area contributed by atoms with E-state index in [1.54, 1.807) is 0 Å². The lowest BCUT2D eigenvalue weighted by Crippen LogP contribution is -2.31. The van der Waals surface area contributed by atoms with Crippen molar-refractivity contribution in [3.8, 4) is 0 Å². The molecule has 0 saturated heterocycles. The Morgan fingerprint density at radius 2 is 1.96 bits per heavy atom. The Morgan fingerprint density at radius 3 is 2.50 bits per heavy atom. The molecule has 0 saturated carbocycles. The summed E-state index contributed by atoms with van der Waals surface area (Å²) in [6, 6.07) is 5.11. The zero-order valence-electron chi connectivity index (χ0n) is 14.4. The summed E-state index contributed by atoms with van der Waals surface area (Å²) in [5, 5.41) is 17.4. The fourth-order valence-electron chi connectivity index (χ4n) is 2.29. The van der Waals surface area contributed by atoms with Crippen molar-refractivity contribution in [3.63, 3.8) is 0 Å². The third-order valence-electron chi connectivity index (χ3n) is 3.59. The lowest BCUT2D eigenvalue weighted by molar-refractivity contribution is -0.386. The van der Waals surface area contributed by atoms with Gasteiger partial charge in [0.05, 0.1) is 4.92 Å². The summed E-state index contributed by atoms with van der Waals surface area (Å²) in [5.41, 5.74) is 0.587. The van der Waals surface area contributed by atoms with Gasteiger partial charge in [-0.25, -0.2) is 4.39 Å². The number of nitrogens with zero attached hydrogens (tertiary/aromatic N) is 3. The minimum Gasteiger partial charge on any atom is -0.451 e. The van der Waals surface area contributed by atoms with Crippen LogP contribution in [-0.4, -0.2) is 32.7 Å². The van der Waals surface area contributed by atoms with E-state index in [0.717, 1.165) is 4.68 Å². The fraction of sp³-hybridized carbons (Fsp3) is 0.312. The molecule has 0 fully saturated rings. The molecule has 138 valence electrons. The number of benzene rings is 1. The minimum absolute atomic E-state index is 0.167. The number of aromatic nitrogens is 2. The molecule has 0 spiro atoms. The molecular formula is C16H17FN4O5. The van der Waals surface area contributed by atoms with Crippen molar-refractivity contribution in [2.24, 2.45) is 0 Å². The number of esters is 1. The monoisotopic (exact) mass is 364 g/mol. The van der Waals surface area contributed by atoms with Crippen molar-refractivity contribution in [3.05, 3.63) is 51.6 Å². The molecule has 26 heavy (non-hydrogen) atoms. The standard InChI is InChI=1S/C16H17FN4O5/c1-9-15(21(24)25)10(2)20(19-9)8-14(22)26-11(3)16(23)18-13-6-4-12(17)5-7-13/h4-7,11H,8H2,1-3H3,(H,18,23)/t11-/m1/s1. The fourth-order valence-corrected chi connectivity index (χ4v) is 2.29. The Morgan fingerprint density at radius 1 is 1.35 bits per heavy atom. The van der Waals surface area contributed by atoms with Crippen LogP contribution in [0, 0.1) is 29.8 Å². The summed E-state index contributed by atoms with van der Waals surface area (Å²) in [6.07, 6.45) is -1.11. The van der Waals surface area contributed by atoms with E-state index in [9.17, 15) is 24.1 Å². The maximum Gasteiger partial charge on any atom is 0.328 e. The molecule has 0 bridgehead atoms. The molecule has 1 heterocycles. The van der Waals surface area contributed by atoms with Gasteiger partial charge in [0.15, 0.2) is 6.10 Å². The molecule has 1 aromatic carbocycles. The van der Waals surface area contributed by atoms with Gasteiger partial charge in [0.2, 0.25) is 0 Å². The first kappa shape index (κ1) is 19.0. The first-order chi connectivity index (χ1) is 12.2. The third-order valence-corrected chi connectivity index (χ3v) is 3.59. The number of halogens is 1. The van der Waals surface area contributed by atoms with E-state index in [1.807, 2.05) is 0 Å². The average molecular weight is 364 g/mol. The van der Waals surface area contributed by atoms with Crippen molar-refractivity contribution in [2.45, 2.75) is 33.4 Å². The molecule has 1 atom stereocenters. The van der Waals surface area contributed by atoms with Crippen LogP contribution in [0.1, 0.15) is 18.3 Å². The van der Waals surface area contributed by atoms with Crippen LogP contribution in [0.5, 0.6) is 0 Å². The summed E-state index contributed by atoms with van der Waals surface area (Å²) in [5.74, 6) is -1.81. The number of nitrogens with one attached hydrogen (secondary N) is 1. The van der Waals surface area contributed by atoms with Crippen LogP contribution >= 0.6 is 0 Å². The zero-order chi connectivity index (χ0) is 19.4. The van der Waals surface area contributed by atoms with Gasteiger partial charge in [-0.15, -0.1) is 0 Å². The molecule has 0 unspecified atom stereocenters. The van der Waals surface area contributed by atoms with E-state index in [4.69, 9.17) is 4.74 Å². The Hall–Kier alpha value is -3.30. The number of hydrogen-bond donors (Lipinski definition) is 1. The molecule has 2 aromatic rings. The van der Waals surface area contributed by atoms with E-state index >= 15 is 0 Å². The number of amides is 1. The number of hydrogen-bond acceptors (Lipinski definition) is 6. The predicted octanol–water partition coefficient (Wildman–Crippen LogP) is 2.12. The van der Waals surface area contributed by atoms with E-state index in [0.29, 0.717) is 5.69 Å². The van der Waals surface area contributed by atoms with Gasteiger partial charge in [-0.3, -0.25) is 24.4 Å². The van der Waals surface area contributed by atoms with Gasteiger partial charge < -0.3 is 10.1 Å². The molecule has 10 heteroatoms. The van der Waals surface area contributed by atoms with Crippen molar-refractivity contribution in [1.82, 2.24) is 9.78 Å². The second-order valence-corrected chi connectivity index (χ2v) is 5.56. The maximum atomic E-state index is 12.8. The summed E-state index contributed by atoms with van der Waals surface area (Å²) in [7, 11) is 0. The minimum atomic E-state index is -1.11. The number of carbonyl (C=O) groups is 2. The quantitative estimate of drug-likeness (QED) is 0.477. The van der Waals surface area contributed by atoms with E-state index in [2.05, 4.69) is 10.4 Å². The predicted molar refractivity (Wildman–Crippen MR) is 88.9 cm³/mol. The van der Waals surface area contributed by atoms with Crippen LogP contribution in [0.4, 0.5) is 15.8 Å². The van der Waals surface area contributed by atoms with Crippen molar-refractivity contribution >= 4 is 23.3 Å². The Labute approximate surface area is 147 Å². The van der Waals surface area contributed by atoms with Gasteiger partial charge in [0.25, 0.3) is 5.91 Å². The smallest absolute Gasteiger partial charge is 0.328 e. The summed E-state index contributed by atoms with van der Waals surface area (Å²) in [4.78, 5) is 34.4. The Kier molecular flexibility index (Phi) is 5.65. The molecule has 1 amide bonds. The number of anilines is 1. The topological polar surface area (TPSA) is 116 Å². The Balaban J connectivity index is 1.96. The highest BCUT2D eigenvalue weighted by Gasteiger charge is 2.24. The zero-order valence-corrected chi connectivity index (χ0v) is 14.4.